The summed E-state index contributed by atoms with van der Waals surface area (Å²) >= 11 is 1.77. The van der Waals surface area contributed by atoms with Crippen LogP contribution < -0.4 is 10.6 Å². The number of hydrogen-bond acceptors (Lipinski definition) is 3. The summed E-state index contributed by atoms with van der Waals surface area (Å²) in [6.45, 7) is 3.88. The van der Waals surface area contributed by atoms with Crippen molar-refractivity contribution in [2.45, 2.75) is 31.1 Å². The first-order valence-corrected chi connectivity index (χ1v) is 6.06. The summed E-state index contributed by atoms with van der Waals surface area (Å²) in [5, 5.41) is 6.64. The number of amides is 1. The zero-order valence-electron chi connectivity index (χ0n) is 8.30. The van der Waals surface area contributed by atoms with Crippen LogP contribution in [0.2, 0.25) is 0 Å². The largest absolute Gasteiger partial charge is 0.354 e. The number of rotatable bonds is 4. The monoisotopic (exact) mass is 202 g/mol. The maximum absolute atomic E-state index is 11.5. The molecule has 1 aliphatic heterocycles. The van der Waals surface area contributed by atoms with E-state index in [4.69, 9.17) is 0 Å². The molecule has 0 bridgehead atoms. The van der Waals surface area contributed by atoms with E-state index in [1.54, 1.807) is 11.8 Å². The minimum absolute atomic E-state index is 0.0639. The van der Waals surface area contributed by atoms with Gasteiger partial charge in [-0.15, -0.1) is 0 Å². The van der Waals surface area contributed by atoms with Crippen molar-refractivity contribution in [1.82, 2.24) is 10.6 Å². The van der Waals surface area contributed by atoms with Crippen molar-refractivity contribution < 1.29 is 4.79 Å². The van der Waals surface area contributed by atoms with Crippen molar-refractivity contribution in [2.24, 2.45) is 0 Å². The summed E-state index contributed by atoms with van der Waals surface area (Å²) in [4.78, 5) is 11.5. The molecule has 0 aromatic rings. The molecule has 1 amide bonds. The van der Waals surface area contributed by atoms with E-state index in [0.29, 0.717) is 5.25 Å². The first kappa shape index (κ1) is 10.9. The summed E-state index contributed by atoms with van der Waals surface area (Å²) in [5.41, 5.74) is 0. The molecule has 1 unspecified atom stereocenters. The molecule has 1 saturated heterocycles. The lowest BCUT2D eigenvalue weighted by atomic mass is 10.2. The summed E-state index contributed by atoms with van der Waals surface area (Å²) in [6, 6.07) is 0.0639. The second kappa shape index (κ2) is 5.50. The SMILES string of the molecule is CSC(C)CNC(=O)[C@@H]1CCCN1. The first-order chi connectivity index (χ1) is 6.24. The van der Waals surface area contributed by atoms with E-state index in [1.165, 1.54) is 0 Å². The molecule has 76 valence electrons. The molecule has 0 aromatic carbocycles. The molecular weight excluding hydrogens is 184 g/mol. The maximum atomic E-state index is 11.5. The molecule has 13 heavy (non-hydrogen) atoms. The van der Waals surface area contributed by atoms with Gasteiger partial charge in [0.25, 0.3) is 0 Å². The van der Waals surface area contributed by atoms with Gasteiger partial charge >= 0.3 is 0 Å². The van der Waals surface area contributed by atoms with Crippen LogP contribution in [0.15, 0.2) is 0 Å². The highest BCUT2D eigenvalue weighted by Crippen LogP contribution is 2.06. The fraction of sp³-hybridized carbons (Fsp3) is 0.889. The Hall–Kier alpha value is -0.220. The van der Waals surface area contributed by atoms with Crippen LogP contribution in [-0.4, -0.2) is 36.5 Å². The number of nitrogens with one attached hydrogen (secondary N) is 2. The lowest BCUT2D eigenvalue weighted by molar-refractivity contribution is -0.122. The van der Waals surface area contributed by atoms with Gasteiger partial charge in [-0.2, -0.15) is 11.8 Å². The van der Waals surface area contributed by atoms with Crippen LogP contribution in [0.5, 0.6) is 0 Å². The van der Waals surface area contributed by atoms with Gasteiger partial charge in [-0.25, -0.2) is 0 Å². The van der Waals surface area contributed by atoms with Crippen molar-refractivity contribution in [1.29, 1.82) is 0 Å². The van der Waals surface area contributed by atoms with E-state index in [1.807, 2.05) is 0 Å². The quantitative estimate of drug-likeness (QED) is 0.701. The van der Waals surface area contributed by atoms with E-state index in [0.717, 1.165) is 25.9 Å². The van der Waals surface area contributed by atoms with E-state index >= 15 is 0 Å². The van der Waals surface area contributed by atoms with Crippen molar-refractivity contribution in [3.05, 3.63) is 0 Å². The lowest BCUT2D eigenvalue weighted by Gasteiger charge is -2.13. The van der Waals surface area contributed by atoms with Crippen molar-refractivity contribution in [3.63, 3.8) is 0 Å². The summed E-state index contributed by atoms with van der Waals surface area (Å²) in [5.74, 6) is 0.165. The normalized spacial score (nSPS) is 24.3. The molecule has 0 saturated carbocycles. The Bertz CT molecular complexity index is 169. The van der Waals surface area contributed by atoms with Crippen LogP contribution in [0.3, 0.4) is 0 Å². The highest BCUT2D eigenvalue weighted by atomic mass is 32.2. The van der Waals surface area contributed by atoms with Gasteiger partial charge in [0.2, 0.25) is 5.91 Å². The Kier molecular flexibility index (Phi) is 4.59. The number of carbonyl (C=O) groups is 1. The van der Waals surface area contributed by atoms with Crippen LogP contribution in [0, 0.1) is 0 Å². The molecule has 1 aliphatic rings. The highest BCUT2D eigenvalue weighted by Gasteiger charge is 2.21. The third-order valence-corrected chi connectivity index (χ3v) is 3.31. The molecule has 0 spiro atoms. The average molecular weight is 202 g/mol. The summed E-state index contributed by atoms with van der Waals surface area (Å²) < 4.78 is 0. The molecule has 4 heteroatoms. The van der Waals surface area contributed by atoms with E-state index in [9.17, 15) is 4.79 Å². The minimum atomic E-state index is 0.0639. The summed E-state index contributed by atoms with van der Waals surface area (Å²) in [6.07, 6.45) is 4.17. The van der Waals surface area contributed by atoms with Gasteiger partial charge in [-0.05, 0) is 25.6 Å². The molecule has 2 N–H and O–H groups in total. The van der Waals surface area contributed by atoms with Gasteiger partial charge in [-0.1, -0.05) is 6.92 Å². The predicted octanol–water partition coefficient (Wildman–Crippen LogP) is 0.606. The average Bonchev–Trinajstić information content (AvgIpc) is 2.66. The lowest BCUT2D eigenvalue weighted by Crippen LogP contribution is -2.42. The second-order valence-corrected chi connectivity index (χ2v) is 4.72. The summed E-state index contributed by atoms with van der Waals surface area (Å²) in [7, 11) is 0. The van der Waals surface area contributed by atoms with Crippen molar-refractivity contribution in [2.75, 3.05) is 19.3 Å². The van der Waals surface area contributed by atoms with Gasteiger partial charge in [0.15, 0.2) is 0 Å². The Morgan fingerprint density at radius 2 is 2.54 bits per heavy atom. The van der Waals surface area contributed by atoms with E-state index < -0.39 is 0 Å². The van der Waals surface area contributed by atoms with Crippen LogP contribution in [0.4, 0.5) is 0 Å². The number of hydrogen-bond donors (Lipinski definition) is 2. The molecule has 3 nitrogen and oxygen atoms in total. The molecule has 1 fully saturated rings. The van der Waals surface area contributed by atoms with Gasteiger partial charge in [-0.3, -0.25) is 4.79 Å². The fourth-order valence-electron chi connectivity index (χ4n) is 1.36. The molecular formula is C9H18N2OS. The number of carbonyl (C=O) groups excluding carboxylic acids is 1. The third kappa shape index (κ3) is 3.56. The van der Waals surface area contributed by atoms with Crippen LogP contribution in [0.25, 0.3) is 0 Å². The minimum Gasteiger partial charge on any atom is -0.354 e. The van der Waals surface area contributed by atoms with Gasteiger partial charge in [0.05, 0.1) is 6.04 Å². The Balaban J connectivity index is 2.16. The van der Waals surface area contributed by atoms with E-state index in [2.05, 4.69) is 23.8 Å². The first-order valence-electron chi connectivity index (χ1n) is 4.78. The van der Waals surface area contributed by atoms with Gasteiger partial charge < -0.3 is 10.6 Å². The topological polar surface area (TPSA) is 41.1 Å². The molecule has 0 radical (unpaired) electrons. The predicted molar refractivity (Wildman–Crippen MR) is 57.0 cm³/mol. The van der Waals surface area contributed by atoms with Crippen LogP contribution >= 0.6 is 11.8 Å². The smallest absolute Gasteiger partial charge is 0.237 e. The van der Waals surface area contributed by atoms with Crippen LogP contribution in [0.1, 0.15) is 19.8 Å². The molecule has 1 rings (SSSR count). The molecule has 1 heterocycles. The maximum Gasteiger partial charge on any atom is 0.237 e. The zero-order valence-corrected chi connectivity index (χ0v) is 9.12. The molecule has 0 aromatic heterocycles. The standard InChI is InChI=1S/C9H18N2OS/c1-7(13-2)6-11-9(12)8-4-3-5-10-8/h7-8,10H,3-6H2,1-2H3,(H,11,12)/t7?,8-/m0/s1. The van der Waals surface area contributed by atoms with E-state index in [-0.39, 0.29) is 11.9 Å². The second-order valence-electron chi connectivity index (χ2n) is 3.44. The van der Waals surface area contributed by atoms with Crippen molar-refractivity contribution in [3.8, 4) is 0 Å². The van der Waals surface area contributed by atoms with Crippen LogP contribution in [-0.2, 0) is 4.79 Å². The molecule has 0 aliphatic carbocycles. The van der Waals surface area contributed by atoms with Crippen molar-refractivity contribution >= 4 is 17.7 Å². The molecule has 2 atom stereocenters. The Labute approximate surface area is 84.0 Å². The third-order valence-electron chi connectivity index (χ3n) is 2.34. The highest BCUT2D eigenvalue weighted by molar-refractivity contribution is 7.99. The Morgan fingerprint density at radius 1 is 1.77 bits per heavy atom. The zero-order chi connectivity index (χ0) is 9.68. The van der Waals surface area contributed by atoms with Gasteiger partial charge in [0.1, 0.15) is 0 Å². The van der Waals surface area contributed by atoms with Gasteiger partial charge in [0, 0.05) is 11.8 Å². The Morgan fingerprint density at radius 3 is 3.08 bits per heavy atom. The number of thioether (sulfide) groups is 1. The fourth-order valence-corrected chi connectivity index (χ4v) is 1.61.